The number of aryl methyl sites for hydroxylation is 1. The number of nitrogens with two attached hydrogens (primary N) is 2. The quantitative estimate of drug-likeness (QED) is 0.910. The zero-order valence-electron chi connectivity index (χ0n) is 13.1. The average Bonchev–Trinajstić information content (AvgIpc) is 2.55. The molecular formula is C19H24N2O. The molecule has 1 aliphatic carbocycles. The summed E-state index contributed by atoms with van der Waals surface area (Å²) in [6, 6.07) is 16.4. The standard InChI is InChI=1S/C19H24N2O/c1-22-16-9-4-7-15(12-16)18(20)13-19(21)11-5-8-14-6-2-3-10-17(14)19/h2-4,6-7,9-10,12,18H,5,8,11,13,20-21H2,1H3. The number of methoxy groups -OCH3 is 1. The molecule has 0 saturated heterocycles. The van der Waals surface area contributed by atoms with E-state index < -0.39 is 0 Å². The Labute approximate surface area is 132 Å². The zero-order valence-corrected chi connectivity index (χ0v) is 13.1. The van der Waals surface area contributed by atoms with E-state index in [9.17, 15) is 0 Å². The lowest BCUT2D eigenvalue weighted by Crippen LogP contribution is -2.42. The van der Waals surface area contributed by atoms with Crippen LogP contribution in [0.2, 0.25) is 0 Å². The summed E-state index contributed by atoms with van der Waals surface area (Å²) < 4.78 is 5.29. The van der Waals surface area contributed by atoms with Crippen LogP contribution in [-0.2, 0) is 12.0 Å². The highest BCUT2D eigenvalue weighted by Crippen LogP contribution is 2.39. The summed E-state index contributed by atoms with van der Waals surface area (Å²) in [6.45, 7) is 0. The normalized spacial score (nSPS) is 22.0. The highest BCUT2D eigenvalue weighted by Gasteiger charge is 2.34. The van der Waals surface area contributed by atoms with Gasteiger partial charge in [-0.25, -0.2) is 0 Å². The largest absolute Gasteiger partial charge is 0.497 e. The molecule has 3 heteroatoms. The molecule has 0 amide bonds. The molecule has 0 saturated carbocycles. The van der Waals surface area contributed by atoms with E-state index in [1.807, 2.05) is 24.3 Å². The van der Waals surface area contributed by atoms with Crippen molar-refractivity contribution in [3.8, 4) is 5.75 Å². The Morgan fingerprint density at radius 1 is 1.18 bits per heavy atom. The number of fused-ring (bicyclic) bond motifs is 1. The number of rotatable bonds is 4. The molecule has 22 heavy (non-hydrogen) atoms. The van der Waals surface area contributed by atoms with Gasteiger partial charge in [0.2, 0.25) is 0 Å². The van der Waals surface area contributed by atoms with E-state index in [2.05, 4.69) is 24.3 Å². The monoisotopic (exact) mass is 296 g/mol. The fourth-order valence-electron chi connectivity index (χ4n) is 3.55. The maximum Gasteiger partial charge on any atom is 0.119 e. The SMILES string of the molecule is COc1cccc(C(N)CC2(N)CCCc3ccccc32)c1. The predicted octanol–water partition coefficient (Wildman–Crippen LogP) is 3.28. The first-order valence-electron chi connectivity index (χ1n) is 7.89. The number of ether oxygens (including phenoxy) is 1. The Balaban J connectivity index is 1.86. The summed E-state index contributed by atoms with van der Waals surface area (Å²) in [6.07, 6.45) is 3.97. The molecule has 0 aromatic heterocycles. The summed E-state index contributed by atoms with van der Waals surface area (Å²) in [7, 11) is 1.67. The van der Waals surface area contributed by atoms with Gasteiger partial charge in [0, 0.05) is 11.6 Å². The predicted molar refractivity (Wildman–Crippen MR) is 89.8 cm³/mol. The van der Waals surface area contributed by atoms with Crippen LogP contribution in [-0.4, -0.2) is 7.11 Å². The summed E-state index contributed by atoms with van der Waals surface area (Å²) >= 11 is 0. The van der Waals surface area contributed by atoms with Gasteiger partial charge in [-0.3, -0.25) is 0 Å². The molecule has 116 valence electrons. The third-order valence-electron chi connectivity index (χ3n) is 4.73. The molecule has 3 nitrogen and oxygen atoms in total. The van der Waals surface area contributed by atoms with Gasteiger partial charge in [0.15, 0.2) is 0 Å². The van der Waals surface area contributed by atoms with Gasteiger partial charge in [-0.05, 0) is 54.5 Å². The van der Waals surface area contributed by atoms with Crippen molar-refractivity contribution in [2.24, 2.45) is 11.5 Å². The minimum atomic E-state index is -0.336. The highest BCUT2D eigenvalue weighted by atomic mass is 16.5. The number of hydrogen-bond donors (Lipinski definition) is 2. The Morgan fingerprint density at radius 2 is 2.00 bits per heavy atom. The topological polar surface area (TPSA) is 61.3 Å². The van der Waals surface area contributed by atoms with Gasteiger partial charge >= 0.3 is 0 Å². The van der Waals surface area contributed by atoms with E-state index >= 15 is 0 Å². The van der Waals surface area contributed by atoms with Crippen molar-refractivity contribution in [1.29, 1.82) is 0 Å². The Kier molecular flexibility index (Phi) is 4.19. The number of benzene rings is 2. The van der Waals surface area contributed by atoms with Crippen LogP contribution < -0.4 is 16.2 Å². The van der Waals surface area contributed by atoms with Crippen LogP contribution in [0.1, 0.15) is 42.0 Å². The second-order valence-electron chi connectivity index (χ2n) is 6.25. The summed E-state index contributed by atoms with van der Waals surface area (Å²) in [5.41, 5.74) is 16.6. The smallest absolute Gasteiger partial charge is 0.119 e. The second-order valence-corrected chi connectivity index (χ2v) is 6.25. The Bertz CT molecular complexity index is 655. The van der Waals surface area contributed by atoms with Crippen molar-refractivity contribution in [3.05, 3.63) is 65.2 Å². The molecule has 3 rings (SSSR count). The first-order valence-corrected chi connectivity index (χ1v) is 7.89. The molecule has 0 aliphatic heterocycles. The maximum absolute atomic E-state index is 6.77. The molecular weight excluding hydrogens is 272 g/mol. The molecule has 2 unspecified atom stereocenters. The van der Waals surface area contributed by atoms with Crippen LogP contribution in [0.25, 0.3) is 0 Å². The molecule has 2 aromatic carbocycles. The molecule has 0 radical (unpaired) electrons. The fraction of sp³-hybridized carbons (Fsp3) is 0.368. The lowest BCUT2D eigenvalue weighted by molar-refractivity contribution is 0.320. The summed E-state index contributed by atoms with van der Waals surface area (Å²) in [4.78, 5) is 0. The van der Waals surface area contributed by atoms with Crippen molar-refractivity contribution in [1.82, 2.24) is 0 Å². The van der Waals surface area contributed by atoms with Crippen LogP contribution in [0.4, 0.5) is 0 Å². The second kappa shape index (κ2) is 6.11. The van der Waals surface area contributed by atoms with Gasteiger partial charge in [0.25, 0.3) is 0 Å². The van der Waals surface area contributed by atoms with Crippen LogP contribution >= 0.6 is 0 Å². The van der Waals surface area contributed by atoms with Crippen molar-refractivity contribution >= 4 is 0 Å². The van der Waals surface area contributed by atoms with E-state index in [4.69, 9.17) is 16.2 Å². The Hall–Kier alpha value is -1.84. The van der Waals surface area contributed by atoms with Crippen molar-refractivity contribution < 1.29 is 4.74 Å². The third-order valence-corrected chi connectivity index (χ3v) is 4.73. The van der Waals surface area contributed by atoms with Gasteiger partial charge in [-0.1, -0.05) is 36.4 Å². The first kappa shape index (κ1) is 15.1. The van der Waals surface area contributed by atoms with Crippen molar-refractivity contribution in [2.75, 3.05) is 7.11 Å². The van der Waals surface area contributed by atoms with Gasteiger partial charge in [-0.15, -0.1) is 0 Å². The molecule has 0 bridgehead atoms. The third kappa shape index (κ3) is 2.87. The van der Waals surface area contributed by atoms with Crippen molar-refractivity contribution in [2.45, 2.75) is 37.3 Å². The zero-order chi connectivity index (χ0) is 15.6. The van der Waals surface area contributed by atoms with Gasteiger partial charge in [-0.2, -0.15) is 0 Å². The molecule has 4 N–H and O–H groups in total. The van der Waals surface area contributed by atoms with E-state index in [0.717, 1.165) is 37.0 Å². The minimum absolute atomic E-state index is 0.0914. The summed E-state index contributed by atoms with van der Waals surface area (Å²) in [5, 5.41) is 0. The minimum Gasteiger partial charge on any atom is -0.497 e. The lowest BCUT2D eigenvalue weighted by Gasteiger charge is -2.37. The molecule has 1 aliphatic rings. The van der Waals surface area contributed by atoms with Gasteiger partial charge in [0.1, 0.15) is 5.75 Å². The van der Waals surface area contributed by atoms with E-state index in [-0.39, 0.29) is 11.6 Å². The molecule has 0 fully saturated rings. The van der Waals surface area contributed by atoms with Crippen LogP contribution in [0.3, 0.4) is 0 Å². The van der Waals surface area contributed by atoms with Gasteiger partial charge in [0.05, 0.1) is 7.11 Å². The Morgan fingerprint density at radius 3 is 2.82 bits per heavy atom. The molecule has 0 spiro atoms. The van der Waals surface area contributed by atoms with Gasteiger partial charge < -0.3 is 16.2 Å². The van der Waals surface area contributed by atoms with E-state index in [1.165, 1.54) is 11.1 Å². The van der Waals surface area contributed by atoms with Crippen LogP contribution in [0.5, 0.6) is 5.75 Å². The number of hydrogen-bond acceptors (Lipinski definition) is 3. The molecule has 2 atom stereocenters. The lowest BCUT2D eigenvalue weighted by atomic mass is 9.73. The van der Waals surface area contributed by atoms with Crippen LogP contribution in [0, 0.1) is 0 Å². The highest BCUT2D eigenvalue weighted by molar-refractivity contribution is 5.37. The van der Waals surface area contributed by atoms with Crippen LogP contribution in [0.15, 0.2) is 48.5 Å². The maximum atomic E-state index is 6.77. The molecule has 0 heterocycles. The average molecular weight is 296 g/mol. The van der Waals surface area contributed by atoms with Crippen molar-refractivity contribution in [3.63, 3.8) is 0 Å². The summed E-state index contributed by atoms with van der Waals surface area (Å²) in [5.74, 6) is 0.836. The van der Waals surface area contributed by atoms with E-state index in [0.29, 0.717) is 0 Å². The first-order chi connectivity index (χ1) is 10.6. The van der Waals surface area contributed by atoms with E-state index in [1.54, 1.807) is 7.11 Å². The fourth-order valence-corrected chi connectivity index (χ4v) is 3.55. The molecule has 2 aromatic rings.